The van der Waals surface area contributed by atoms with Gasteiger partial charge in [-0.15, -0.1) is 0 Å². The molecule has 0 saturated carbocycles. The van der Waals surface area contributed by atoms with Gasteiger partial charge in [-0.05, 0) is 0 Å². The van der Waals surface area contributed by atoms with E-state index in [-0.39, 0.29) is 0 Å². The van der Waals surface area contributed by atoms with Crippen LogP contribution in [0, 0.1) is 0 Å². The van der Waals surface area contributed by atoms with E-state index in [1.165, 1.54) is 0 Å². The van der Waals surface area contributed by atoms with Crippen molar-refractivity contribution < 1.29 is 33.4 Å². The fourth-order valence-corrected chi connectivity index (χ4v) is 0.231. The summed E-state index contributed by atoms with van der Waals surface area (Å²) in [6.45, 7) is 0. The lowest BCUT2D eigenvalue weighted by molar-refractivity contribution is -0.177. The molecule has 0 aliphatic carbocycles. The number of halogens is 2. The van der Waals surface area contributed by atoms with E-state index in [4.69, 9.17) is 10.2 Å². The van der Waals surface area contributed by atoms with Gasteiger partial charge in [0.25, 0.3) is 0 Å². The number of Topliss-reactive ketones (excluding diaryl/α,β-unsaturated/α-hetero) is 1. The monoisotopic (exact) mass is 168 g/mol. The second-order valence-electron chi connectivity index (χ2n) is 1.51. The Balaban J connectivity index is 4.70. The first-order chi connectivity index (χ1) is 4.80. The van der Waals surface area contributed by atoms with E-state index >= 15 is 0 Å². The Labute approximate surface area is 58.2 Å². The Morgan fingerprint density at radius 2 is 1.45 bits per heavy atom. The van der Waals surface area contributed by atoms with E-state index in [9.17, 15) is 23.2 Å². The number of hydrogen-bond acceptors (Lipinski definition) is 3. The molecule has 0 radical (unpaired) electrons. The van der Waals surface area contributed by atoms with Gasteiger partial charge in [-0.2, -0.15) is 8.78 Å². The molecule has 0 aromatic heterocycles. The fourth-order valence-electron chi connectivity index (χ4n) is 0.231. The second-order valence-corrected chi connectivity index (χ2v) is 1.51. The van der Waals surface area contributed by atoms with Crippen molar-refractivity contribution in [1.82, 2.24) is 0 Å². The molecule has 0 aliphatic heterocycles. The molecule has 62 valence electrons. The summed E-state index contributed by atoms with van der Waals surface area (Å²) < 4.78 is 23.7. The molecule has 0 aliphatic rings. The van der Waals surface area contributed by atoms with Crippen LogP contribution in [-0.4, -0.2) is 33.9 Å². The predicted molar refractivity (Wildman–Crippen MR) is 25.2 cm³/mol. The fraction of sp³-hybridized carbons (Fsp3) is 0.250. The summed E-state index contributed by atoms with van der Waals surface area (Å²) in [4.78, 5) is 29.0. The first-order valence-corrected chi connectivity index (χ1v) is 2.19. The lowest BCUT2D eigenvalue weighted by Crippen LogP contribution is -2.42. The van der Waals surface area contributed by atoms with Gasteiger partial charge in [0, 0.05) is 0 Å². The molecule has 0 unspecified atom stereocenters. The molecule has 5 nitrogen and oxygen atoms in total. The normalized spacial score (nSPS) is 10.7. The zero-order chi connectivity index (χ0) is 9.23. The first-order valence-electron chi connectivity index (χ1n) is 2.19. The Kier molecular flexibility index (Phi) is 2.24. The van der Waals surface area contributed by atoms with Crippen LogP contribution in [0.25, 0.3) is 0 Å². The molecule has 0 heterocycles. The SMILES string of the molecule is O=C(O)C(=O)C(F)(F)C(=O)O. The second kappa shape index (κ2) is 2.60. The van der Waals surface area contributed by atoms with Crippen LogP contribution >= 0.6 is 0 Å². The zero-order valence-corrected chi connectivity index (χ0v) is 4.88. The molecule has 0 rings (SSSR count). The van der Waals surface area contributed by atoms with Crippen LogP contribution in [0.4, 0.5) is 8.78 Å². The van der Waals surface area contributed by atoms with Gasteiger partial charge < -0.3 is 10.2 Å². The van der Waals surface area contributed by atoms with Gasteiger partial charge in [0.05, 0.1) is 0 Å². The maximum atomic E-state index is 11.9. The molecule has 0 bridgehead atoms. The summed E-state index contributed by atoms with van der Waals surface area (Å²) in [5.74, 6) is -12.7. The number of aliphatic carboxylic acids is 2. The summed E-state index contributed by atoms with van der Waals surface area (Å²) in [6, 6.07) is 0. The van der Waals surface area contributed by atoms with Crippen molar-refractivity contribution in [2.45, 2.75) is 5.92 Å². The van der Waals surface area contributed by atoms with Gasteiger partial charge in [-0.25, -0.2) is 9.59 Å². The van der Waals surface area contributed by atoms with Crippen LogP contribution in [0.3, 0.4) is 0 Å². The van der Waals surface area contributed by atoms with E-state index in [0.29, 0.717) is 0 Å². The number of hydrogen-bond donors (Lipinski definition) is 2. The predicted octanol–water partition coefficient (Wildman–Crippen LogP) is -0.640. The highest BCUT2D eigenvalue weighted by Crippen LogP contribution is 2.14. The molecule has 0 spiro atoms. The minimum atomic E-state index is -4.84. The summed E-state index contributed by atoms with van der Waals surface area (Å²) in [5, 5.41) is 15.3. The van der Waals surface area contributed by atoms with Crippen molar-refractivity contribution in [1.29, 1.82) is 0 Å². The lowest BCUT2D eigenvalue weighted by atomic mass is 10.2. The molecule has 7 heteroatoms. The molecular weight excluding hydrogens is 166 g/mol. The van der Waals surface area contributed by atoms with E-state index in [1.807, 2.05) is 0 Å². The third-order valence-corrected chi connectivity index (χ3v) is 0.748. The number of rotatable bonds is 3. The van der Waals surface area contributed by atoms with Crippen molar-refractivity contribution in [2.24, 2.45) is 0 Å². The number of ketones is 1. The minimum absolute atomic E-state index is 2.47. The highest BCUT2D eigenvalue weighted by molar-refractivity contribution is 6.39. The molecule has 0 aromatic rings. The molecular formula is C4H2F2O5. The van der Waals surface area contributed by atoms with Crippen LogP contribution < -0.4 is 0 Å². The molecule has 2 N–H and O–H groups in total. The Hall–Kier alpha value is -1.53. The maximum Gasteiger partial charge on any atom is 0.410 e. The molecule has 0 atom stereocenters. The number of carbonyl (C=O) groups excluding carboxylic acids is 1. The van der Waals surface area contributed by atoms with Crippen LogP contribution in [0.1, 0.15) is 0 Å². The molecule has 0 saturated heterocycles. The quantitative estimate of drug-likeness (QED) is 0.432. The third-order valence-electron chi connectivity index (χ3n) is 0.748. The Morgan fingerprint density at radius 3 is 1.55 bits per heavy atom. The van der Waals surface area contributed by atoms with E-state index in [1.54, 1.807) is 0 Å². The lowest BCUT2D eigenvalue weighted by Gasteiger charge is -2.04. The highest BCUT2D eigenvalue weighted by Gasteiger charge is 2.51. The first kappa shape index (κ1) is 9.47. The molecule has 0 fully saturated rings. The molecule has 0 amide bonds. The van der Waals surface area contributed by atoms with Gasteiger partial charge in [0.2, 0.25) is 0 Å². The largest absolute Gasteiger partial charge is 0.476 e. The topological polar surface area (TPSA) is 91.7 Å². The molecule has 0 aromatic carbocycles. The van der Waals surface area contributed by atoms with Gasteiger partial charge >= 0.3 is 23.6 Å². The van der Waals surface area contributed by atoms with Crippen molar-refractivity contribution in [2.75, 3.05) is 0 Å². The van der Waals surface area contributed by atoms with Crippen LogP contribution in [0.15, 0.2) is 0 Å². The maximum absolute atomic E-state index is 11.9. The zero-order valence-electron chi connectivity index (χ0n) is 4.88. The van der Waals surface area contributed by atoms with E-state index < -0.39 is 23.6 Å². The van der Waals surface area contributed by atoms with Gasteiger partial charge in [-0.3, -0.25) is 4.79 Å². The minimum Gasteiger partial charge on any atom is -0.476 e. The van der Waals surface area contributed by atoms with E-state index in [0.717, 1.165) is 0 Å². The van der Waals surface area contributed by atoms with Crippen molar-refractivity contribution in [3.05, 3.63) is 0 Å². The summed E-state index contributed by atoms with van der Waals surface area (Å²) >= 11 is 0. The van der Waals surface area contributed by atoms with Crippen molar-refractivity contribution >= 4 is 17.7 Å². The number of carbonyl (C=O) groups is 3. The van der Waals surface area contributed by atoms with Crippen LogP contribution in [-0.2, 0) is 14.4 Å². The van der Waals surface area contributed by atoms with Crippen LogP contribution in [0.2, 0.25) is 0 Å². The average molecular weight is 168 g/mol. The Bertz CT molecular complexity index is 221. The van der Waals surface area contributed by atoms with E-state index in [2.05, 4.69) is 0 Å². The number of carboxylic acids is 2. The van der Waals surface area contributed by atoms with Gasteiger partial charge in [0.1, 0.15) is 0 Å². The van der Waals surface area contributed by atoms with Gasteiger partial charge in [0.15, 0.2) is 0 Å². The number of alkyl halides is 2. The van der Waals surface area contributed by atoms with Gasteiger partial charge in [-0.1, -0.05) is 0 Å². The summed E-state index contributed by atoms with van der Waals surface area (Å²) in [7, 11) is 0. The van der Waals surface area contributed by atoms with Crippen molar-refractivity contribution in [3.8, 4) is 0 Å². The highest BCUT2D eigenvalue weighted by atomic mass is 19.3. The summed E-state index contributed by atoms with van der Waals surface area (Å²) in [6.07, 6.45) is 0. The standard InChI is InChI=1S/C4H2F2O5/c5-4(6,3(10)11)1(7)2(8)9/h(H,8,9)(H,10,11). The smallest absolute Gasteiger partial charge is 0.410 e. The molecule has 11 heavy (non-hydrogen) atoms. The number of carboxylic acid groups (broad SMARTS) is 2. The summed E-state index contributed by atoms with van der Waals surface area (Å²) in [5.41, 5.74) is 0. The van der Waals surface area contributed by atoms with Crippen molar-refractivity contribution in [3.63, 3.8) is 0 Å². The van der Waals surface area contributed by atoms with Crippen LogP contribution in [0.5, 0.6) is 0 Å². The Morgan fingerprint density at radius 1 is 1.09 bits per heavy atom. The third kappa shape index (κ3) is 1.69. The average Bonchev–Trinajstić information content (AvgIpc) is 1.85.